The lowest BCUT2D eigenvalue weighted by molar-refractivity contribution is 0.102. The summed E-state index contributed by atoms with van der Waals surface area (Å²) in [5, 5.41) is 0. The van der Waals surface area contributed by atoms with Gasteiger partial charge in [0.15, 0.2) is 5.78 Å². The van der Waals surface area contributed by atoms with Crippen LogP contribution in [-0.4, -0.2) is 18.6 Å². The van der Waals surface area contributed by atoms with Crippen molar-refractivity contribution in [2.24, 2.45) is 0 Å². The smallest absolute Gasteiger partial charge is 0.173 e. The standard InChI is InChI=1S/C15H11BrF2O2S/c1-20-14-4-2-9(6-11(14)16)13(19)8-21-15-5-3-10(17)7-12(15)18/h2-7H,8H2,1H3. The zero-order chi connectivity index (χ0) is 15.4. The van der Waals surface area contributed by atoms with Crippen molar-refractivity contribution in [1.29, 1.82) is 0 Å². The predicted molar refractivity (Wildman–Crippen MR) is 82.1 cm³/mol. The molecule has 0 atom stereocenters. The van der Waals surface area contributed by atoms with Crippen LogP contribution in [0.5, 0.6) is 5.75 Å². The minimum atomic E-state index is -0.663. The molecule has 0 heterocycles. The summed E-state index contributed by atoms with van der Waals surface area (Å²) in [7, 11) is 1.54. The van der Waals surface area contributed by atoms with Gasteiger partial charge in [0.1, 0.15) is 17.4 Å². The van der Waals surface area contributed by atoms with E-state index < -0.39 is 11.6 Å². The van der Waals surface area contributed by atoms with E-state index in [9.17, 15) is 13.6 Å². The van der Waals surface area contributed by atoms with Crippen molar-refractivity contribution in [3.05, 3.63) is 58.1 Å². The van der Waals surface area contributed by atoms with Crippen LogP contribution >= 0.6 is 27.7 Å². The second-order valence-corrected chi connectivity index (χ2v) is 6.01. The Bertz CT molecular complexity index is 677. The Morgan fingerprint density at radius 2 is 2.00 bits per heavy atom. The number of rotatable bonds is 5. The maximum atomic E-state index is 13.5. The van der Waals surface area contributed by atoms with E-state index in [2.05, 4.69) is 15.9 Å². The first-order chi connectivity index (χ1) is 10.0. The first-order valence-corrected chi connectivity index (χ1v) is 7.73. The van der Waals surface area contributed by atoms with Crippen LogP contribution in [0.25, 0.3) is 0 Å². The van der Waals surface area contributed by atoms with Crippen LogP contribution in [0.2, 0.25) is 0 Å². The number of carbonyl (C=O) groups excluding carboxylic acids is 1. The lowest BCUT2D eigenvalue weighted by Gasteiger charge is -2.06. The molecule has 6 heteroatoms. The molecule has 2 aromatic carbocycles. The van der Waals surface area contributed by atoms with Gasteiger partial charge in [-0.25, -0.2) is 8.78 Å². The summed E-state index contributed by atoms with van der Waals surface area (Å²) >= 11 is 4.34. The van der Waals surface area contributed by atoms with Crippen LogP contribution in [0.4, 0.5) is 8.78 Å². The molecule has 0 aromatic heterocycles. The summed E-state index contributed by atoms with van der Waals surface area (Å²) in [4.78, 5) is 12.3. The molecule has 0 aliphatic carbocycles. The van der Waals surface area contributed by atoms with E-state index in [-0.39, 0.29) is 16.4 Å². The largest absolute Gasteiger partial charge is 0.496 e. The highest BCUT2D eigenvalue weighted by molar-refractivity contribution is 9.10. The number of Topliss-reactive ketones (excluding diaryl/α,β-unsaturated/α-hetero) is 1. The molecule has 0 aliphatic heterocycles. The summed E-state index contributed by atoms with van der Waals surface area (Å²) in [6.45, 7) is 0. The number of carbonyl (C=O) groups is 1. The number of halogens is 3. The number of ether oxygens (including phenoxy) is 1. The minimum absolute atomic E-state index is 0.0708. The van der Waals surface area contributed by atoms with E-state index in [1.807, 2.05) is 0 Å². The molecule has 0 bridgehead atoms. The minimum Gasteiger partial charge on any atom is -0.496 e. The molecule has 0 spiro atoms. The predicted octanol–water partition coefficient (Wildman–Crippen LogP) is 4.71. The molecule has 0 saturated carbocycles. The Labute approximate surface area is 133 Å². The maximum absolute atomic E-state index is 13.5. The fraction of sp³-hybridized carbons (Fsp3) is 0.133. The molecule has 0 N–H and O–H groups in total. The highest BCUT2D eigenvalue weighted by Crippen LogP contribution is 2.27. The Kier molecular flexibility index (Phi) is 5.36. The van der Waals surface area contributed by atoms with Crippen molar-refractivity contribution in [1.82, 2.24) is 0 Å². The fourth-order valence-corrected chi connectivity index (χ4v) is 3.01. The van der Waals surface area contributed by atoms with Crippen molar-refractivity contribution in [2.45, 2.75) is 4.90 Å². The second-order valence-electron chi connectivity index (χ2n) is 4.14. The van der Waals surface area contributed by atoms with Crippen LogP contribution in [-0.2, 0) is 0 Å². The number of benzene rings is 2. The van der Waals surface area contributed by atoms with Crippen molar-refractivity contribution in [3.8, 4) is 5.75 Å². The van der Waals surface area contributed by atoms with E-state index in [0.29, 0.717) is 15.8 Å². The van der Waals surface area contributed by atoms with Gasteiger partial charge in [-0.15, -0.1) is 11.8 Å². The third-order valence-corrected chi connectivity index (χ3v) is 4.39. The summed E-state index contributed by atoms with van der Waals surface area (Å²) in [6, 6.07) is 8.28. The van der Waals surface area contributed by atoms with E-state index in [1.165, 1.54) is 19.2 Å². The zero-order valence-corrected chi connectivity index (χ0v) is 13.4. The van der Waals surface area contributed by atoms with Gasteiger partial charge in [0.25, 0.3) is 0 Å². The number of hydrogen-bond donors (Lipinski definition) is 0. The van der Waals surface area contributed by atoms with Crippen LogP contribution in [0.3, 0.4) is 0 Å². The van der Waals surface area contributed by atoms with Gasteiger partial charge in [-0.2, -0.15) is 0 Å². The molecule has 21 heavy (non-hydrogen) atoms. The summed E-state index contributed by atoms with van der Waals surface area (Å²) in [5.74, 6) is -0.747. The quantitative estimate of drug-likeness (QED) is 0.561. The molecular formula is C15H11BrF2O2S. The van der Waals surface area contributed by atoms with Gasteiger partial charge in [-0.3, -0.25) is 4.79 Å². The average molecular weight is 373 g/mol. The molecule has 0 aliphatic rings. The van der Waals surface area contributed by atoms with Crippen LogP contribution in [0.15, 0.2) is 45.8 Å². The topological polar surface area (TPSA) is 26.3 Å². The zero-order valence-electron chi connectivity index (χ0n) is 11.0. The first-order valence-electron chi connectivity index (χ1n) is 5.96. The number of methoxy groups -OCH3 is 1. The van der Waals surface area contributed by atoms with Crippen molar-refractivity contribution in [2.75, 3.05) is 12.9 Å². The maximum Gasteiger partial charge on any atom is 0.173 e. The summed E-state index contributed by atoms with van der Waals surface area (Å²) in [5.41, 5.74) is 0.498. The summed E-state index contributed by atoms with van der Waals surface area (Å²) in [6.07, 6.45) is 0. The molecule has 0 radical (unpaired) electrons. The van der Waals surface area contributed by atoms with Crippen molar-refractivity contribution < 1.29 is 18.3 Å². The molecule has 2 aromatic rings. The molecule has 2 nitrogen and oxygen atoms in total. The Morgan fingerprint density at radius 3 is 2.62 bits per heavy atom. The molecule has 2 rings (SSSR count). The van der Waals surface area contributed by atoms with Crippen LogP contribution in [0, 0.1) is 11.6 Å². The third-order valence-electron chi connectivity index (χ3n) is 2.73. The van der Waals surface area contributed by atoms with Gasteiger partial charge < -0.3 is 4.74 Å². The lowest BCUT2D eigenvalue weighted by Crippen LogP contribution is -2.03. The van der Waals surface area contributed by atoms with Gasteiger partial charge in [-0.1, -0.05) is 0 Å². The Morgan fingerprint density at radius 1 is 1.24 bits per heavy atom. The van der Waals surface area contributed by atoms with Crippen LogP contribution in [0.1, 0.15) is 10.4 Å². The number of ketones is 1. The second kappa shape index (κ2) is 7.04. The molecular weight excluding hydrogens is 362 g/mol. The highest BCUT2D eigenvalue weighted by atomic mass is 79.9. The van der Waals surface area contributed by atoms with Crippen LogP contribution < -0.4 is 4.74 Å². The van der Waals surface area contributed by atoms with Gasteiger partial charge in [0, 0.05) is 16.5 Å². The van der Waals surface area contributed by atoms with E-state index in [1.54, 1.807) is 18.2 Å². The first kappa shape index (κ1) is 16.0. The molecule has 0 fully saturated rings. The third kappa shape index (κ3) is 4.04. The van der Waals surface area contributed by atoms with Gasteiger partial charge >= 0.3 is 0 Å². The van der Waals surface area contributed by atoms with Crippen molar-refractivity contribution >= 4 is 33.5 Å². The molecule has 0 amide bonds. The number of thioether (sulfide) groups is 1. The van der Waals surface area contributed by atoms with Gasteiger partial charge in [0.05, 0.1) is 17.3 Å². The Hall–Kier alpha value is -1.40. The molecule has 0 unspecified atom stereocenters. The number of hydrogen-bond acceptors (Lipinski definition) is 3. The Balaban J connectivity index is 2.06. The fourth-order valence-electron chi connectivity index (χ4n) is 1.66. The SMILES string of the molecule is COc1ccc(C(=O)CSc2ccc(F)cc2F)cc1Br. The summed E-state index contributed by atoms with van der Waals surface area (Å²) < 4.78 is 32.0. The monoisotopic (exact) mass is 372 g/mol. The van der Waals surface area contributed by atoms with Crippen molar-refractivity contribution in [3.63, 3.8) is 0 Å². The normalized spacial score (nSPS) is 10.5. The van der Waals surface area contributed by atoms with E-state index in [0.717, 1.165) is 17.8 Å². The van der Waals surface area contributed by atoms with E-state index in [4.69, 9.17) is 4.74 Å². The lowest BCUT2D eigenvalue weighted by atomic mass is 10.1. The highest BCUT2D eigenvalue weighted by Gasteiger charge is 2.11. The van der Waals surface area contributed by atoms with Gasteiger partial charge in [0.2, 0.25) is 0 Å². The average Bonchev–Trinajstić information content (AvgIpc) is 2.46. The molecule has 0 saturated heterocycles. The van der Waals surface area contributed by atoms with Gasteiger partial charge in [-0.05, 0) is 46.3 Å². The van der Waals surface area contributed by atoms with E-state index >= 15 is 0 Å². The molecule has 110 valence electrons.